The number of likely N-dealkylation sites (N-methyl/N-ethyl adjacent to an activating group) is 1. The van der Waals surface area contributed by atoms with Crippen molar-refractivity contribution >= 4 is 17.9 Å². The highest BCUT2D eigenvalue weighted by atomic mass is 16.6. The molecule has 0 aliphatic carbocycles. The van der Waals surface area contributed by atoms with Crippen molar-refractivity contribution in [2.75, 3.05) is 41.0 Å². The lowest BCUT2D eigenvalue weighted by Crippen LogP contribution is -2.55. The molecule has 56 heavy (non-hydrogen) atoms. The number of hydrogen-bond acceptors (Lipinski definition) is 7. The van der Waals surface area contributed by atoms with Crippen molar-refractivity contribution in [3.63, 3.8) is 0 Å². The molecule has 0 radical (unpaired) electrons. The van der Waals surface area contributed by atoms with E-state index in [1.165, 1.54) is 128 Å². The molecule has 0 aromatic heterocycles. The Kier molecular flexibility index (Phi) is 38.1. The first-order chi connectivity index (χ1) is 27.1. The second kappa shape index (κ2) is 39.6. The highest BCUT2D eigenvalue weighted by Gasteiger charge is 2.25. The molecular formula is C48H89NO7. The van der Waals surface area contributed by atoms with Crippen LogP contribution >= 0.6 is 0 Å². The maximum Gasteiger partial charge on any atom is 0.306 e. The highest BCUT2D eigenvalue weighted by Crippen LogP contribution is 2.16. The van der Waals surface area contributed by atoms with E-state index >= 15 is 0 Å². The number of aliphatic carboxylic acids is 1. The molecular weight excluding hydrogens is 703 g/mol. The summed E-state index contributed by atoms with van der Waals surface area (Å²) in [6.07, 6.45) is 43.6. The molecule has 0 aromatic rings. The Balaban J connectivity index is 4.19. The summed E-state index contributed by atoms with van der Waals surface area (Å²) in [5, 5.41) is 11.6. The SMILES string of the molecule is CCCC/C=C/C=C/CCCCCC(=O)OC(COCCC(C(=O)[O-])[N+](C)(C)C)COC(=O)CCCCCCCCCCCCCCCCCCCCCCC. The third kappa shape index (κ3) is 37.4. The van der Waals surface area contributed by atoms with Gasteiger partial charge < -0.3 is 28.6 Å². The molecule has 0 aliphatic rings. The molecule has 0 spiro atoms. The van der Waals surface area contributed by atoms with Crippen LogP contribution in [0.25, 0.3) is 0 Å². The lowest BCUT2D eigenvalue weighted by molar-refractivity contribution is -0.889. The number of allylic oxidation sites excluding steroid dienone is 4. The van der Waals surface area contributed by atoms with Gasteiger partial charge in [-0.1, -0.05) is 186 Å². The minimum atomic E-state index is -1.13. The van der Waals surface area contributed by atoms with Crippen LogP contribution in [0.1, 0.15) is 213 Å². The number of carbonyl (C=O) groups excluding carboxylic acids is 3. The molecule has 0 rings (SSSR count). The Morgan fingerprint density at radius 1 is 0.536 bits per heavy atom. The summed E-state index contributed by atoms with van der Waals surface area (Å²) in [6.45, 7) is 4.60. The van der Waals surface area contributed by atoms with Crippen LogP contribution in [-0.2, 0) is 28.6 Å². The summed E-state index contributed by atoms with van der Waals surface area (Å²) in [5.41, 5.74) is 0. The average Bonchev–Trinajstić information content (AvgIpc) is 3.15. The van der Waals surface area contributed by atoms with Gasteiger partial charge in [-0.25, -0.2) is 0 Å². The number of carbonyl (C=O) groups is 3. The van der Waals surface area contributed by atoms with Gasteiger partial charge in [-0.15, -0.1) is 0 Å². The number of rotatable bonds is 42. The van der Waals surface area contributed by atoms with E-state index in [0.29, 0.717) is 12.8 Å². The van der Waals surface area contributed by atoms with Gasteiger partial charge in [-0.2, -0.15) is 0 Å². The maximum atomic E-state index is 12.7. The van der Waals surface area contributed by atoms with Gasteiger partial charge in [0.15, 0.2) is 6.10 Å². The minimum absolute atomic E-state index is 0.0336. The van der Waals surface area contributed by atoms with E-state index in [2.05, 4.69) is 38.2 Å². The second-order valence-electron chi connectivity index (χ2n) is 17.0. The van der Waals surface area contributed by atoms with Gasteiger partial charge in [0.1, 0.15) is 12.6 Å². The summed E-state index contributed by atoms with van der Waals surface area (Å²) in [4.78, 5) is 36.8. The zero-order valence-electron chi connectivity index (χ0n) is 37.3. The van der Waals surface area contributed by atoms with Gasteiger partial charge >= 0.3 is 11.9 Å². The fourth-order valence-electron chi connectivity index (χ4n) is 6.93. The van der Waals surface area contributed by atoms with Crippen molar-refractivity contribution in [1.29, 1.82) is 0 Å². The zero-order valence-corrected chi connectivity index (χ0v) is 37.3. The molecule has 8 nitrogen and oxygen atoms in total. The second-order valence-corrected chi connectivity index (χ2v) is 17.0. The van der Waals surface area contributed by atoms with Gasteiger partial charge in [0.25, 0.3) is 0 Å². The van der Waals surface area contributed by atoms with E-state index < -0.39 is 18.1 Å². The average molecular weight is 792 g/mol. The number of carboxylic acids is 1. The monoisotopic (exact) mass is 792 g/mol. The van der Waals surface area contributed by atoms with Crippen molar-refractivity contribution in [1.82, 2.24) is 0 Å². The summed E-state index contributed by atoms with van der Waals surface area (Å²) in [7, 11) is 5.40. The van der Waals surface area contributed by atoms with Crippen LogP contribution in [0.3, 0.4) is 0 Å². The van der Waals surface area contributed by atoms with Gasteiger partial charge in [0, 0.05) is 19.3 Å². The minimum Gasteiger partial charge on any atom is -0.544 e. The predicted octanol–water partition coefficient (Wildman–Crippen LogP) is 11.5. The highest BCUT2D eigenvalue weighted by molar-refractivity contribution is 5.70. The molecule has 0 heterocycles. The number of hydrogen-bond donors (Lipinski definition) is 0. The van der Waals surface area contributed by atoms with E-state index in [1.54, 1.807) is 21.1 Å². The molecule has 328 valence electrons. The maximum absolute atomic E-state index is 12.7. The fraction of sp³-hybridized carbons (Fsp3) is 0.854. The van der Waals surface area contributed by atoms with E-state index in [-0.39, 0.29) is 42.7 Å². The molecule has 0 saturated carbocycles. The van der Waals surface area contributed by atoms with Gasteiger partial charge in [0.2, 0.25) is 0 Å². The van der Waals surface area contributed by atoms with Crippen LogP contribution in [0.5, 0.6) is 0 Å². The van der Waals surface area contributed by atoms with E-state index in [0.717, 1.165) is 51.4 Å². The number of unbranched alkanes of at least 4 members (excludes halogenated alkanes) is 25. The smallest absolute Gasteiger partial charge is 0.306 e. The summed E-state index contributed by atoms with van der Waals surface area (Å²) < 4.78 is 17.1. The molecule has 2 unspecified atom stereocenters. The standard InChI is InChI=1S/C48H89NO7/c1-6-8-10-12-14-16-18-19-20-21-22-23-24-25-26-27-29-30-32-34-36-38-46(50)55-43-44(42-54-41-40-45(48(52)53)49(3,4)5)56-47(51)39-37-35-33-31-28-17-15-13-11-9-7-2/h13,15,17,28,44-45H,6-12,14,16,18-27,29-43H2,1-5H3/b15-13+,28-17+. The zero-order chi connectivity index (χ0) is 41.4. The Morgan fingerprint density at radius 3 is 1.39 bits per heavy atom. The largest absolute Gasteiger partial charge is 0.544 e. The van der Waals surface area contributed by atoms with Crippen LogP contribution in [0.15, 0.2) is 24.3 Å². The van der Waals surface area contributed by atoms with Gasteiger partial charge in [-0.05, 0) is 32.1 Å². The van der Waals surface area contributed by atoms with Gasteiger partial charge in [0.05, 0.1) is 40.3 Å². The summed E-state index contributed by atoms with van der Waals surface area (Å²) >= 11 is 0. The van der Waals surface area contributed by atoms with Crippen molar-refractivity contribution < 1.29 is 38.2 Å². The first-order valence-corrected chi connectivity index (χ1v) is 23.4. The van der Waals surface area contributed by atoms with Crippen LogP contribution < -0.4 is 5.11 Å². The van der Waals surface area contributed by atoms with Crippen molar-refractivity contribution in [2.45, 2.75) is 225 Å². The molecule has 0 bridgehead atoms. The fourth-order valence-corrected chi connectivity index (χ4v) is 6.93. The molecule has 0 aromatic carbocycles. The van der Waals surface area contributed by atoms with E-state index in [1.807, 2.05) is 0 Å². The van der Waals surface area contributed by atoms with E-state index in [9.17, 15) is 19.5 Å². The normalized spacial score (nSPS) is 13.1. The predicted molar refractivity (Wildman–Crippen MR) is 231 cm³/mol. The summed E-state index contributed by atoms with van der Waals surface area (Å²) in [6, 6.07) is -0.727. The third-order valence-electron chi connectivity index (χ3n) is 10.6. The van der Waals surface area contributed by atoms with Crippen molar-refractivity contribution in [3.05, 3.63) is 24.3 Å². The Hall–Kier alpha value is -2.19. The van der Waals surface area contributed by atoms with Crippen LogP contribution in [0, 0.1) is 0 Å². The molecule has 0 saturated heterocycles. The number of nitrogens with zero attached hydrogens (tertiary/aromatic N) is 1. The summed E-state index contributed by atoms with van der Waals surface area (Å²) in [5.74, 6) is -1.76. The van der Waals surface area contributed by atoms with Crippen molar-refractivity contribution in [3.8, 4) is 0 Å². The molecule has 0 N–H and O–H groups in total. The lowest BCUT2D eigenvalue weighted by atomic mass is 10.0. The quantitative estimate of drug-likeness (QED) is 0.0262. The Bertz CT molecular complexity index is 973. The first-order valence-electron chi connectivity index (χ1n) is 23.4. The Labute approximate surface area is 345 Å². The number of quaternary nitrogens is 1. The third-order valence-corrected chi connectivity index (χ3v) is 10.6. The number of carboxylic acid groups (broad SMARTS) is 1. The molecule has 0 amide bonds. The van der Waals surface area contributed by atoms with Gasteiger partial charge in [-0.3, -0.25) is 9.59 Å². The van der Waals surface area contributed by atoms with E-state index in [4.69, 9.17) is 14.2 Å². The number of ether oxygens (including phenoxy) is 3. The number of esters is 2. The molecule has 0 fully saturated rings. The first kappa shape index (κ1) is 53.8. The van der Waals surface area contributed by atoms with Crippen molar-refractivity contribution in [2.24, 2.45) is 0 Å². The molecule has 0 aliphatic heterocycles. The van der Waals surface area contributed by atoms with Crippen LogP contribution in [-0.4, -0.2) is 75.5 Å². The topological polar surface area (TPSA) is 102 Å². The lowest BCUT2D eigenvalue weighted by Gasteiger charge is -2.34. The molecule has 8 heteroatoms. The molecule has 2 atom stereocenters. The Morgan fingerprint density at radius 2 is 0.946 bits per heavy atom. The van der Waals surface area contributed by atoms with Crippen LogP contribution in [0.4, 0.5) is 0 Å². The van der Waals surface area contributed by atoms with Crippen LogP contribution in [0.2, 0.25) is 0 Å².